The van der Waals surface area contributed by atoms with E-state index in [1.807, 2.05) is 12.1 Å². The van der Waals surface area contributed by atoms with Crippen LogP contribution in [0.25, 0.3) is 0 Å². The van der Waals surface area contributed by atoms with Crippen molar-refractivity contribution in [2.75, 3.05) is 0 Å². The Morgan fingerprint density at radius 2 is 2.00 bits per heavy atom. The summed E-state index contributed by atoms with van der Waals surface area (Å²) in [6.45, 7) is 5.18. The van der Waals surface area contributed by atoms with Crippen LogP contribution < -0.4 is 4.74 Å². The second-order valence-electron chi connectivity index (χ2n) is 9.09. The van der Waals surface area contributed by atoms with Gasteiger partial charge in [-0.2, -0.15) is 0 Å². The van der Waals surface area contributed by atoms with E-state index in [4.69, 9.17) is 9.47 Å². The largest absolute Gasteiger partial charge is 0.460 e. The summed E-state index contributed by atoms with van der Waals surface area (Å²) in [7, 11) is 0. The van der Waals surface area contributed by atoms with Gasteiger partial charge in [0.2, 0.25) is 0 Å². The van der Waals surface area contributed by atoms with Gasteiger partial charge in [0.25, 0.3) is 0 Å². The van der Waals surface area contributed by atoms with Gasteiger partial charge < -0.3 is 14.6 Å². The van der Waals surface area contributed by atoms with Crippen molar-refractivity contribution < 1.29 is 24.2 Å². The topological polar surface area (TPSA) is 72.8 Å². The molecule has 1 aromatic rings. The number of esters is 2. The molecule has 1 N–H and O–H groups in total. The van der Waals surface area contributed by atoms with E-state index in [2.05, 4.69) is 13.0 Å². The lowest BCUT2D eigenvalue weighted by molar-refractivity contribution is -0.166. The normalized spacial score (nSPS) is 34.6. The third-order valence-electron chi connectivity index (χ3n) is 7.47. The zero-order chi connectivity index (χ0) is 20.1. The molecule has 2 saturated carbocycles. The number of ether oxygens (including phenoxy) is 2. The zero-order valence-electron chi connectivity index (χ0n) is 16.9. The number of rotatable bonds is 3. The van der Waals surface area contributed by atoms with Crippen LogP contribution >= 0.6 is 0 Å². The molecule has 3 aliphatic carbocycles. The Labute approximate surface area is 166 Å². The van der Waals surface area contributed by atoms with Gasteiger partial charge in [-0.1, -0.05) is 13.0 Å². The fraction of sp³-hybridized carbons (Fsp3) is 0.652. The maximum atomic E-state index is 12.0. The van der Waals surface area contributed by atoms with Crippen LogP contribution in [0.1, 0.15) is 69.9 Å². The molecule has 3 aliphatic rings. The third-order valence-corrected chi connectivity index (χ3v) is 7.47. The lowest BCUT2D eigenvalue weighted by Crippen LogP contribution is -2.45. The molecule has 0 bridgehead atoms. The number of aliphatic hydroxyl groups excluding tert-OH is 1. The molecule has 5 nitrogen and oxygen atoms in total. The number of fused-ring (bicyclic) bond motifs is 5. The Kier molecular flexibility index (Phi) is 4.98. The molecule has 0 amide bonds. The molecule has 0 aliphatic heterocycles. The van der Waals surface area contributed by atoms with Gasteiger partial charge in [0.1, 0.15) is 18.0 Å². The van der Waals surface area contributed by atoms with E-state index in [0.29, 0.717) is 23.5 Å². The van der Waals surface area contributed by atoms with Gasteiger partial charge in [-0.25, -0.2) is 4.79 Å². The van der Waals surface area contributed by atoms with Gasteiger partial charge in [-0.15, -0.1) is 0 Å². The lowest BCUT2D eigenvalue weighted by atomic mass is 9.55. The predicted molar refractivity (Wildman–Crippen MR) is 104 cm³/mol. The van der Waals surface area contributed by atoms with Crippen molar-refractivity contribution in [3.05, 3.63) is 29.3 Å². The molecular formula is C23H30O5. The van der Waals surface area contributed by atoms with Crippen LogP contribution in [0.3, 0.4) is 0 Å². The van der Waals surface area contributed by atoms with E-state index in [9.17, 15) is 14.7 Å². The smallest absolute Gasteiger partial charge is 0.334 e. The van der Waals surface area contributed by atoms with Crippen LogP contribution in [-0.2, 0) is 20.7 Å². The first-order chi connectivity index (χ1) is 13.3. The van der Waals surface area contributed by atoms with Crippen LogP contribution in [-0.4, -0.2) is 29.3 Å². The Morgan fingerprint density at radius 1 is 1.21 bits per heavy atom. The van der Waals surface area contributed by atoms with Crippen molar-refractivity contribution in [2.45, 2.75) is 77.4 Å². The molecule has 0 saturated heterocycles. The van der Waals surface area contributed by atoms with E-state index in [0.717, 1.165) is 38.5 Å². The average molecular weight is 386 g/mol. The number of hydrogen-bond donors (Lipinski definition) is 1. The van der Waals surface area contributed by atoms with Crippen molar-refractivity contribution in [2.24, 2.45) is 17.3 Å². The Morgan fingerprint density at radius 3 is 2.71 bits per heavy atom. The molecule has 152 valence electrons. The van der Waals surface area contributed by atoms with Gasteiger partial charge >= 0.3 is 11.9 Å². The van der Waals surface area contributed by atoms with Gasteiger partial charge in [0.05, 0.1) is 0 Å². The molecule has 0 heterocycles. The van der Waals surface area contributed by atoms with Crippen LogP contribution in [0, 0.1) is 17.3 Å². The number of benzene rings is 1. The molecule has 0 radical (unpaired) electrons. The summed E-state index contributed by atoms with van der Waals surface area (Å²) < 4.78 is 11.0. The predicted octanol–water partition coefficient (Wildman–Crippen LogP) is 3.76. The van der Waals surface area contributed by atoms with Crippen LogP contribution in [0.15, 0.2) is 18.2 Å². The number of carbonyl (C=O) groups excluding carboxylic acids is 2. The minimum Gasteiger partial charge on any atom is -0.460 e. The summed E-state index contributed by atoms with van der Waals surface area (Å²) in [5, 5.41) is 9.53. The fourth-order valence-corrected chi connectivity index (χ4v) is 6.17. The standard InChI is InChI=1S/C23H30O5/c1-13(24)22(26)28-21-9-8-20-19-6-4-15-12-16(27-14(2)25)5-7-17(15)18(19)10-11-23(20,21)3/h5,7,12-13,18-21,24H,4,6,8-11H2,1-3H3/t13?,18-,19-,20+,21?,23+/m1/s1. The van der Waals surface area contributed by atoms with Crippen molar-refractivity contribution in [1.29, 1.82) is 0 Å². The Balaban J connectivity index is 1.54. The molecular weight excluding hydrogens is 356 g/mol. The van der Waals surface area contributed by atoms with Gasteiger partial charge in [-0.05, 0) is 86.5 Å². The highest BCUT2D eigenvalue weighted by Crippen LogP contribution is 2.61. The lowest BCUT2D eigenvalue weighted by Gasteiger charge is -2.50. The molecule has 6 atom stereocenters. The summed E-state index contributed by atoms with van der Waals surface area (Å²) in [5.74, 6) is 1.52. The molecule has 2 unspecified atom stereocenters. The number of aliphatic hydroxyl groups is 1. The molecule has 0 aromatic heterocycles. The van der Waals surface area contributed by atoms with Crippen molar-refractivity contribution in [3.63, 3.8) is 0 Å². The SMILES string of the molecule is CC(=O)Oc1ccc2c(c1)CC[C@@H]1[C@@H]2CC[C@]2(C)C(OC(=O)C(C)O)CC[C@@H]12. The van der Waals surface area contributed by atoms with Crippen LogP contribution in [0.4, 0.5) is 0 Å². The monoisotopic (exact) mass is 386 g/mol. The van der Waals surface area contributed by atoms with E-state index in [1.54, 1.807) is 0 Å². The van der Waals surface area contributed by atoms with Gasteiger partial charge in [-0.3, -0.25) is 4.79 Å². The van der Waals surface area contributed by atoms with E-state index < -0.39 is 12.1 Å². The molecule has 28 heavy (non-hydrogen) atoms. The average Bonchev–Trinajstić information content (AvgIpc) is 2.97. The molecule has 2 fully saturated rings. The maximum absolute atomic E-state index is 12.0. The fourth-order valence-electron chi connectivity index (χ4n) is 6.17. The van der Waals surface area contributed by atoms with Crippen molar-refractivity contribution in [3.8, 4) is 5.75 Å². The highest BCUT2D eigenvalue weighted by molar-refractivity contribution is 5.74. The van der Waals surface area contributed by atoms with E-state index in [-0.39, 0.29) is 17.5 Å². The van der Waals surface area contributed by atoms with Crippen molar-refractivity contribution >= 4 is 11.9 Å². The maximum Gasteiger partial charge on any atom is 0.334 e. The second-order valence-corrected chi connectivity index (χ2v) is 9.09. The highest BCUT2D eigenvalue weighted by atomic mass is 16.6. The van der Waals surface area contributed by atoms with E-state index >= 15 is 0 Å². The van der Waals surface area contributed by atoms with Crippen LogP contribution in [0.5, 0.6) is 5.75 Å². The number of aryl methyl sites for hydroxylation is 1. The minimum atomic E-state index is -1.06. The molecule has 0 spiro atoms. The van der Waals surface area contributed by atoms with Gasteiger partial charge in [0.15, 0.2) is 0 Å². The quantitative estimate of drug-likeness (QED) is 0.632. The number of hydrogen-bond acceptors (Lipinski definition) is 5. The summed E-state index contributed by atoms with van der Waals surface area (Å²) in [5.41, 5.74) is 2.71. The Hall–Kier alpha value is -1.88. The van der Waals surface area contributed by atoms with E-state index in [1.165, 1.54) is 25.0 Å². The molecule has 1 aromatic carbocycles. The summed E-state index contributed by atoms with van der Waals surface area (Å²) in [6, 6.07) is 6.09. The summed E-state index contributed by atoms with van der Waals surface area (Å²) in [4.78, 5) is 23.2. The first-order valence-corrected chi connectivity index (χ1v) is 10.5. The Bertz CT molecular complexity index is 785. The third kappa shape index (κ3) is 3.24. The highest BCUT2D eigenvalue weighted by Gasteiger charge is 2.56. The zero-order valence-corrected chi connectivity index (χ0v) is 16.9. The molecule has 5 heteroatoms. The van der Waals surface area contributed by atoms with Crippen molar-refractivity contribution in [1.82, 2.24) is 0 Å². The summed E-state index contributed by atoms with van der Waals surface area (Å²) in [6.07, 6.45) is 5.05. The first-order valence-electron chi connectivity index (χ1n) is 10.5. The second kappa shape index (κ2) is 7.18. The van der Waals surface area contributed by atoms with Gasteiger partial charge in [0, 0.05) is 12.3 Å². The van der Waals surface area contributed by atoms with Crippen LogP contribution in [0.2, 0.25) is 0 Å². The molecule has 4 rings (SSSR count). The number of carbonyl (C=O) groups is 2. The minimum absolute atomic E-state index is 0.000894. The first kappa shape index (κ1) is 19.4. The summed E-state index contributed by atoms with van der Waals surface area (Å²) >= 11 is 0.